The number of aliphatic hydroxyl groups excluding tert-OH is 2. The van der Waals surface area contributed by atoms with Crippen LogP contribution in [0.25, 0.3) is 0 Å². The van der Waals surface area contributed by atoms with E-state index in [4.69, 9.17) is 14.2 Å². The molecular formula is C28H50O6. The first kappa shape index (κ1) is 29.3. The summed E-state index contributed by atoms with van der Waals surface area (Å²) in [5.41, 5.74) is 0. The molecule has 2 N–H and O–H groups in total. The summed E-state index contributed by atoms with van der Waals surface area (Å²) in [5.74, 6) is -0.582. The van der Waals surface area contributed by atoms with Gasteiger partial charge in [0.05, 0.1) is 31.5 Å². The highest BCUT2D eigenvalue weighted by atomic mass is 16.7. The molecular weight excluding hydrogens is 432 g/mol. The maximum atomic E-state index is 11.6. The van der Waals surface area contributed by atoms with Gasteiger partial charge in [0.2, 0.25) is 0 Å². The molecule has 0 radical (unpaired) electrons. The molecule has 0 bridgehead atoms. The van der Waals surface area contributed by atoms with Crippen molar-refractivity contribution in [1.29, 1.82) is 0 Å². The van der Waals surface area contributed by atoms with Crippen LogP contribution in [-0.4, -0.2) is 53.5 Å². The predicted molar refractivity (Wildman–Crippen MR) is 134 cm³/mol. The van der Waals surface area contributed by atoms with E-state index in [2.05, 4.69) is 19.1 Å². The molecule has 1 heterocycles. The van der Waals surface area contributed by atoms with Gasteiger partial charge >= 0.3 is 5.97 Å². The Morgan fingerprint density at radius 3 is 2.41 bits per heavy atom. The second-order valence-electron chi connectivity index (χ2n) is 10.5. The van der Waals surface area contributed by atoms with Crippen LogP contribution in [0.1, 0.15) is 111 Å². The van der Waals surface area contributed by atoms with Crippen LogP contribution < -0.4 is 0 Å². The lowest BCUT2D eigenvalue weighted by Gasteiger charge is -2.39. The molecule has 198 valence electrons. The largest absolute Gasteiger partial charge is 0.463 e. The van der Waals surface area contributed by atoms with E-state index < -0.39 is 18.0 Å². The quantitative estimate of drug-likeness (QED) is 0.167. The van der Waals surface area contributed by atoms with Crippen molar-refractivity contribution < 1.29 is 29.2 Å². The Morgan fingerprint density at radius 1 is 1.00 bits per heavy atom. The van der Waals surface area contributed by atoms with Crippen LogP contribution >= 0.6 is 0 Å². The normalized spacial score (nSPS) is 27.0. The van der Waals surface area contributed by atoms with Crippen LogP contribution in [0.3, 0.4) is 0 Å². The molecule has 1 aliphatic heterocycles. The van der Waals surface area contributed by atoms with Crippen LogP contribution in [0, 0.1) is 11.8 Å². The third kappa shape index (κ3) is 10.3. The van der Waals surface area contributed by atoms with Gasteiger partial charge in [-0.25, -0.2) is 0 Å². The third-order valence-corrected chi connectivity index (χ3v) is 7.25. The molecule has 34 heavy (non-hydrogen) atoms. The number of unbranched alkanes of at least 4 members (excludes halogenated alkanes) is 5. The van der Waals surface area contributed by atoms with Crippen molar-refractivity contribution in [2.24, 2.45) is 11.8 Å². The van der Waals surface area contributed by atoms with Crippen molar-refractivity contribution in [1.82, 2.24) is 0 Å². The highest BCUT2D eigenvalue weighted by Crippen LogP contribution is 2.41. The second-order valence-corrected chi connectivity index (χ2v) is 10.5. The van der Waals surface area contributed by atoms with E-state index >= 15 is 0 Å². The topological polar surface area (TPSA) is 85.2 Å². The van der Waals surface area contributed by atoms with Crippen molar-refractivity contribution in [2.75, 3.05) is 13.2 Å². The highest BCUT2D eigenvalue weighted by Gasteiger charge is 2.43. The molecule has 2 aliphatic rings. The number of ether oxygens (including phenoxy) is 3. The molecule has 1 saturated heterocycles. The lowest BCUT2D eigenvalue weighted by atomic mass is 9.84. The van der Waals surface area contributed by atoms with Gasteiger partial charge in [0.25, 0.3) is 0 Å². The minimum Gasteiger partial charge on any atom is -0.463 e. The monoisotopic (exact) mass is 482 g/mol. The molecule has 4 atom stereocenters. The minimum absolute atomic E-state index is 0.0438. The van der Waals surface area contributed by atoms with E-state index in [1.807, 2.05) is 13.8 Å². The average molecular weight is 483 g/mol. The molecule has 0 aromatic carbocycles. The number of allylic oxidation sites excluding steroid dienone is 2. The number of aliphatic hydroxyl groups is 2. The number of hydrogen-bond acceptors (Lipinski definition) is 6. The molecule has 0 amide bonds. The first-order valence-electron chi connectivity index (χ1n) is 13.9. The molecule has 1 saturated carbocycles. The van der Waals surface area contributed by atoms with Crippen LogP contribution in [0.2, 0.25) is 0 Å². The summed E-state index contributed by atoms with van der Waals surface area (Å²) in [5, 5.41) is 21.3. The Balaban J connectivity index is 1.81. The van der Waals surface area contributed by atoms with Gasteiger partial charge in [0.15, 0.2) is 5.79 Å². The first-order valence-corrected chi connectivity index (χ1v) is 13.9. The molecule has 0 aromatic rings. The summed E-state index contributed by atoms with van der Waals surface area (Å²) in [7, 11) is 0. The number of rotatable bonds is 16. The number of hydrogen-bond donors (Lipinski definition) is 2. The lowest BCUT2D eigenvalue weighted by Crippen LogP contribution is -2.41. The smallest absolute Gasteiger partial charge is 0.306 e. The summed E-state index contributed by atoms with van der Waals surface area (Å²) >= 11 is 0. The van der Waals surface area contributed by atoms with E-state index in [-0.39, 0.29) is 23.9 Å². The van der Waals surface area contributed by atoms with Gasteiger partial charge in [-0.05, 0) is 70.6 Å². The van der Waals surface area contributed by atoms with E-state index in [9.17, 15) is 15.0 Å². The van der Waals surface area contributed by atoms with Gasteiger partial charge in [-0.2, -0.15) is 0 Å². The second kappa shape index (κ2) is 15.9. The molecule has 6 nitrogen and oxygen atoms in total. The minimum atomic E-state index is -0.525. The van der Waals surface area contributed by atoms with Gasteiger partial charge in [-0.3, -0.25) is 4.79 Å². The predicted octanol–water partition coefficient (Wildman–Crippen LogP) is 5.69. The molecule has 1 aliphatic carbocycles. The maximum Gasteiger partial charge on any atom is 0.306 e. The average Bonchev–Trinajstić information content (AvgIpc) is 3.07. The number of esters is 1. The van der Waals surface area contributed by atoms with E-state index in [0.717, 1.165) is 64.6 Å². The standard InChI is InChI=1S/C28H50O6/c1-4-5-6-9-12-17-28(32-19-13-20-33-28)18-16-24-23(25(29)21-26(24)30)14-10-7-8-11-15-27(31)34-22(2)3/h7,10,22-26,29-30H,4-6,8-9,11-21H2,1-3H3/b10-7+/t23?,24-,25?,26?/m1/s1. The van der Waals surface area contributed by atoms with Crippen molar-refractivity contribution in [3.63, 3.8) is 0 Å². The van der Waals surface area contributed by atoms with Gasteiger partial charge in [-0.15, -0.1) is 0 Å². The Labute approximate surface area is 207 Å². The maximum absolute atomic E-state index is 11.6. The summed E-state index contributed by atoms with van der Waals surface area (Å²) in [6, 6.07) is 0. The highest BCUT2D eigenvalue weighted by molar-refractivity contribution is 5.69. The van der Waals surface area contributed by atoms with Crippen LogP contribution in [0.15, 0.2) is 12.2 Å². The van der Waals surface area contributed by atoms with E-state index in [0.29, 0.717) is 12.8 Å². The summed E-state index contributed by atoms with van der Waals surface area (Å²) in [4.78, 5) is 11.6. The van der Waals surface area contributed by atoms with Crippen LogP contribution in [0.5, 0.6) is 0 Å². The lowest BCUT2D eigenvalue weighted by molar-refractivity contribution is -0.276. The summed E-state index contributed by atoms with van der Waals surface area (Å²) in [6.07, 6.45) is 15.8. The molecule has 0 aromatic heterocycles. The zero-order valence-corrected chi connectivity index (χ0v) is 21.9. The van der Waals surface area contributed by atoms with Crippen molar-refractivity contribution >= 4 is 5.97 Å². The van der Waals surface area contributed by atoms with E-state index in [1.54, 1.807) is 0 Å². The fourth-order valence-corrected chi connectivity index (χ4v) is 5.38. The third-order valence-electron chi connectivity index (χ3n) is 7.25. The van der Waals surface area contributed by atoms with Crippen LogP contribution in [-0.2, 0) is 19.0 Å². The molecule has 3 unspecified atom stereocenters. The summed E-state index contributed by atoms with van der Waals surface area (Å²) < 4.78 is 17.5. The molecule has 2 fully saturated rings. The zero-order valence-electron chi connectivity index (χ0n) is 21.9. The van der Waals surface area contributed by atoms with Gasteiger partial charge in [0, 0.05) is 19.3 Å². The Hall–Kier alpha value is -0.950. The number of carbonyl (C=O) groups excluding carboxylic acids is 1. The van der Waals surface area contributed by atoms with E-state index in [1.165, 1.54) is 25.7 Å². The van der Waals surface area contributed by atoms with Crippen molar-refractivity contribution in [2.45, 2.75) is 135 Å². The van der Waals surface area contributed by atoms with Crippen molar-refractivity contribution in [3.8, 4) is 0 Å². The summed E-state index contributed by atoms with van der Waals surface area (Å²) in [6.45, 7) is 7.42. The molecule has 0 spiro atoms. The first-order chi connectivity index (χ1) is 16.4. The molecule has 2 rings (SSSR count). The fourth-order valence-electron chi connectivity index (χ4n) is 5.38. The molecule has 6 heteroatoms. The SMILES string of the molecule is CCCCCCCC1(CC[C@H]2C(O)CC(O)C2C/C=C/CCCC(=O)OC(C)C)OCCCO1. The van der Waals surface area contributed by atoms with Gasteiger partial charge in [0.1, 0.15) is 0 Å². The van der Waals surface area contributed by atoms with Crippen LogP contribution in [0.4, 0.5) is 0 Å². The number of carbonyl (C=O) groups is 1. The fraction of sp³-hybridized carbons (Fsp3) is 0.893. The van der Waals surface area contributed by atoms with Gasteiger partial charge in [-0.1, -0.05) is 44.8 Å². The Bertz CT molecular complexity index is 583. The Morgan fingerprint density at radius 2 is 1.71 bits per heavy atom. The van der Waals surface area contributed by atoms with Gasteiger partial charge < -0.3 is 24.4 Å². The van der Waals surface area contributed by atoms with Crippen molar-refractivity contribution in [3.05, 3.63) is 12.2 Å². The zero-order chi connectivity index (χ0) is 24.8. The Kier molecular flexibility index (Phi) is 13.7.